The molecule has 0 aromatic carbocycles. The van der Waals surface area contributed by atoms with Crippen LogP contribution >= 0.6 is 11.6 Å². The number of hydrogen-bond acceptors (Lipinski definition) is 5. The Morgan fingerprint density at radius 2 is 2.09 bits per heavy atom. The minimum atomic E-state index is -5.04. The number of rotatable bonds is 5. The molecule has 0 aliphatic heterocycles. The number of halogens is 5. The van der Waals surface area contributed by atoms with Crippen LogP contribution in [0.25, 0.3) is 5.82 Å². The predicted molar refractivity (Wildman–Crippen MR) is 67.5 cm³/mol. The molecule has 0 aliphatic carbocycles. The van der Waals surface area contributed by atoms with Crippen molar-refractivity contribution < 1.29 is 22.3 Å². The Balaban J connectivity index is 2.12. The first-order valence-electron chi connectivity index (χ1n) is 5.67. The van der Waals surface area contributed by atoms with Gasteiger partial charge in [-0.1, -0.05) is 18.2 Å². The Bertz CT molecular complexity index is 661. The van der Waals surface area contributed by atoms with E-state index in [4.69, 9.17) is 16.3 Å². The lowest BCUT2D eigenvalue weighted by molar-refractivity contribution is -0.170. The monoisotopic (exact) mass is 337 g/mol. The number of aromatic nitrogens is 5. The van der Waals surface area contributed by atoms with E-state index in [9.17, 15) is 17.6 Å². The molecule has 0 bridgehead atoms. The van der Waals surface area contributed by atoms with Crippen molar-refractivity contribution in [3.8, 4) is 11.7 Å². The van der Waals surface area contributed by atoms with Gasteiger partial charge in [-0.2, -0.15) is 18.3 Å². The summed E-state index contributed by atoms with van der Waals surface area (Å²) in [5.74, 6) is -0.111. The number of nitrogens with zero attached hydrogens (tertiary/aromatic N) is 5. The summed E-state index contributed by atoms with van der Waals surface area (Å²) in [6.45, 7) is 2.26. The maximum absolute atomic E-state index is 13.0. The Kier molecular flexibility index (Phi) is 4.59. The maximum atomic E-state index is 13.0. The molecule has 2 rings (SSSR count). The van der Waals surface area contributed by atoms with Crippen LogP contribution < -0.4 is 4.74 Å². The third-order valence-electron chi connectivity index (χ3n) is 2.41. The van der Waals surface area contributed by atoms with Gasteiger partial charge in [0.15, 0.2) is 5.82 Å². The van der Waals surface area contributed by atoms with Gasteiger partial charge < -0.3 is 4.74 Å². The van der Waals surface area contributed by atoms with Crippen molar-refractivity contribution in [1.29, 1.82) is 0 Å². The van der Waals surface area contributed by atoms with Crippen LogP contribution in [0.5, 0.6) is 5.88 Å². The lowest BCUT2D eigenvalue weighted by atomic mass is 10.2. The quantitative estimate of drug-likeness (QED) is 0.619. The van der Waals surface area contributed by atoms with E-state index in [0.717, 1.165) is 6.33 Å². The largest absolute Gasteiger partial charge is 0.472 e. The summed E-state index contributed by atoms with van der Waals surface area (Å²) in [5, 5.41) is 3.69. The van der Waals surface area contributed by atoms with E-state index in [1.54, 1.807) is 0 Å². The van der Waals surface area contributed by atoms with Crippen molar-refractivity contribution in [2.75, 3.05) is 6.61 Å². The van der Waals surface area contributed by atoms with Crippen molar-refractivity contribution in [3.63, 3.8) is 0 Å². The topological polar surface area (TPSA) is 65.7 Å². The molecule has 0 amide bonds. The molecule has 0 radical (unpaired) electrons. The average molecular weight is 338 g/mol. The van der Waals surface area contributed by atoms with Crippen molar-refractivity contribution in [2.24, 2.45) is 0 Å². The van der Waals surface area contributed by atoms with Crippen LogP contribution in [0.3, 0.4) is 0 Å². The van der Waals surface area contributed by atoms with Gasteiger partial charge in [0.25, 0.3) is 0 Å². The number of hydrogen-bond donors (Lipinski definition) is 0. The SMILES string of the molecule is C=C(COc1ncnc(-n2cncn2)c1Cl)C(F)C(F)(F)F. The molecule has 0 N–H and O–H groups in total. The Morgan fingerprint density at radius 3 is 2.68 bits per heavy atom. The van der Waals surface area contributed by atoms with Gasteiger partial charge in [-0.3, -0.25) is 0 Å². The van der Waals surface area contributed by atoms with E-state index in [2.05, 4.69) is 26.6 Å². The highest BCUT2D eigenvalue weighted by atomic mass is 35.5. The third kappa shape index (κ3) is 3.50. The summed E-state index contributed by atoms with van der Waals surface area (Å²) >= 11 is 5.97. The molecule has 0 fully saturated rings. The van der Waals surface area contributed by atoms with Crippen LogP contribution in [-0.2, 0) is 0 Å². The molecule has 118 valence electrons. The first kappa shape index (κ1) is 16.1. The lowest BCUT2D eigenvalue weighted by Gasteiger charge is -2.15. The molecule has 6 nitrogen and oxygen atoms in total. The highest BCUT2D eigenvalue weighted by Gasteiger charge is 2.42. The van der Waals surface area contributed by atoms with E-state index in [1.165, 1.54) is 17.3 Å². The van der Waals surface area contributed by atoms with Gasteiger partial charge in [0.1, 0.15) is 30.6 Å². The maximum Gasteiger partial charge on any atom is 0.423 e. The van der Waals surface area contributed by atoms with Crippen LogP contribution in [0.4, 0.5) is 17.6 Å². The first-order valence-corrected chi connectivity index (χ1v) is 6.05. The molecular weight excluding hydrogens is 330 g/mol. The first-order chi connectivity index (χ1) is 10.3. The fraction of sp³-hybridized carbons (Fsp3) is 0.273. The highest BCUT2D eigenvalue weighted by Crippen LogP contribution is 2.30. The van der Waals surface area contributed by atoms with Crippen LogP contribution in [0.15, 0.2) is 31.1 Å². The fourth-order valence-corrected chi connectivity index (χ4v) is 1.63. The predicted octanol–water partition coefficient (Wildman–Crippen LogP) is 2.55. The summed E-state index contributed by atoms with van der Waals surface area (Å²) in [6, 6.07) is 0. The summed E-state index contributed by atoms with van der Waals surface area (Å²) < 4.78 is 55.8. The third-order valence-corrected chi connectivity index (χ3v) is 2.75. The minimum Gasteiger partial charge on any atom is -0.472 e. The molecule has 2 aromatic heterocycles. The molecule has 1 atom stereocenters. The fourth-order valence-electron chi connectivity index (χ4n) is 1.39. The second kappa shape index (κ2) is 6.26. The molecule has 1 unspecified atom stereocenters. The van der Waals surface area contributed by atoms with Gasteiger partial charge in [0, 0.05) is 5.57 Å². The van der Waals surface area contributed by atoms with E-state index in [1.807, 2.05) is 0 Å². The second-order valence-corrected chi connectivity index (χ2v) is 4.39. The van der Waals surface area contributed by atoms with Crippen molar-refractivity contribution in [3.05, 3.63) is 36.2 Å². The van der Waals surface area contributed by atoms with E-state index < -0.39 is 24.5 Å². The molecule has 0 spiro atoms. The number of alkyl halides is 4. The summed E-state index contributed by atoms with van der Waals surface area (Å²) in [4.78, 5) is 11.2. The molecule has 0 saturated heterocycles. The Hall–Kier alpha value is -2.23. The van der Waals surface area contributed by atoms with Gasteiger partial charge in [-0.05, 0) is 0 Å². The Labute approximate surface area is 126 Å². The summed E-state index contributed by atoms with van der Waals surface area (Å²) in [7, 11) is 0. The molecule has 11 heteroatoms. The lowest BCUT2D eigenvalue weighted by Crippen LogP contribution is -2.28. The molecule has 2 aromatic rings. The molecule has 2 heterocycles. The van der Waals surface area contributed by atoms with Gasteiger partial charge in [0.2, 0.25) is 12.1 Å². The van der Waals surface area contributed by atoms with E-state index >= 15 is 0 Å². The minimum absolute atomic E-state index is 0.108. The van der Waals surface area contributed by atoms with Crippen LogP contribution in [0, 0.1) is 0 Å². The van der Waals surface area contributed by atoms with Crippen molar-refractivity contribution >= 4 is 11.6 Å². The zero-order valence-electron chi connectivity index (χ0n) is 10.8. The zero-order chi connectivity index (χ0) is 16.3. The zero-order valence-corrected chi connectivity index (χ0v) is 11.5. The normalized spacial score (nSPS) is 13.0. The van der Waals surface area contributed by atoms with E-state index in [0.29, 0.717) is 0 Å². The van der Waals surface area contributed by atoms with Gasteiger partial charge in [0.05, 0.1) is 0 Å². The molecule has 0 saturated carbocycles. The molecule has 22 heavy (non-hydrogen) atoms. The van der Waals surface area contributed by atoms with Gasteiger partial charge in [-0.15, -0.1) is 0 Å². The second-order valence-electron chi connectivity index (χ2n) is 4.01. The summed E-state index contributed by atoms with van der Waals surface area (Å²) in [6.07, 6.45) is -4.63. The highest BCUT2D eigenvalue weighted by molar-refractivity contribution is 6.33. The van der Waals surface area contributed by atoms with Crippen molar-refractivity contribution in [1.82, 2.24) is 24.7 Å². The molecular formula is C11H8ClF4N5O. The standard InChI is InChI=1S/C11H8ClF4N5O/c1-6(8(13)11(14,15)16)2-22-10-7(12)9(18-4-19-10)21-5-17-3-20-21/h3-5,8H,1-2H2. The van der Waals surface area contributed by atoms with E-state index in [-0.39, 0.29) is 16.7 Å². The average Bonchev–Trinajstić information content (AvgIpc) is 2.98. The number of ether oxygens (including phenoxy) is 1. The summed E-state index contributed by atoms with van der Waals surface area (Å²) in [5.41, 5.74) is -0.801. The van der Waals surface area contributed by atoms with Crippen molar-refractivity contribution in [2.45, 2.75) is 12.3 Å². The van der Waals surface area contributed by atoms with Crippen LogP contribution in [0.2, 0.25) is 5.02 Å². The molecule has 0 aliphatic rings. The Morgan fingerprint density at radius 1 is 1.36 bits per heavy atom. The smallest absolute Gasteiger partial charge is 0.423 e. The van der Waals surface area contributed by atoms with Crippen LogP contribution in [-0.4, -0.2) is 43.7 Å². The van der Waals surface area contributed by atoms with Gasteiger partial charge >= 0.3 is 6.18 Å². The van der Waals surface area contributed by atoms with Gasteiger partial charge in [-0.25, -0.2) is 24.0 Å². The van der Waals surface area contributed by atoms with Crippen LogP contribution in [0.1, 0.15) is 0 Å².